The predicted octanol–water partition coefficient (Wildman–Crippen LogP) is 4.69. The van der Waals surface area contributed by atoms with Crippen LogP contribution in [0.3, 0.4) is 0 Å². The van der Waals surface area contributed by atoms with Gasteiger partial charge in [-0.25, -0.2) is 4.98 Å². The van der Waals surface area contributed by atoms with E-state index < -0.39 is 0 Å². The van der Waals surface area contributed by atoms with Gasteiger partial charge < -0.3 is 0 Å². The van der Waals surface area contributed by atoms with Crippen molar-refractivity contribution < 1.29 is 0 Å². The Hall–Kier alpha value is -0.800. The molecule has 0 aliphatic rings. The summed E-state index contributed by atoms with van der Waals surface area (Å²) in [5, 5.41) is 1.10. The third-order valence-electron chi connectivity index (χ3n) is 1.64. The van der Waals surface area contributed by atoms with Crippen LogP contribution in [0.5, 0.6) is 0 Å². The van der Waals surface area contributed by atoms with Crippen molar-refractivity contribution in [1.29, 1.82) is 0 Å². The predicted molar refractivity (Wildman–Crippen MR) is 78.5 cm³/mol. The number of hydrogen-bond donors (Lipinski definition) is 1. The van der Waals surface area contributed by atoms with E-state index in [0.29, 0.717) is 0 Å². The standard InChI is InChI=1S/C10H9NS.C2H6.CH4S/c1-8-7-11-10(12-8)9-5-3-2-4-6-9;2*1-2/h2-7H,1H3;1-2H3;2H,1H3. The van der Waals surface area contributed by atoms with Gasteiger partial charge in [-0.3, -0.25) is 0 Å². The van der Waals surface area contributed by atoms with Gasteiger partial charge in [-0.05, 0) is 13.2 Å². The molecule has 0 spiro atoms. The summed E-state index contributed by atoms with van der Waals surface area (Å²) in [6.45, 7) is 6.07. The number of rotatable bonds is 1. The van der Waals surface area contributed by atoms with Gasteiger partial charge in [0.2, 0.25) is 0 Å². The van der Waals surface area contributed by atoms with Gasteiger partial charge in [-0.1, -0.05) is 44.2 Å². The van der Waals surface area contributed by atoms with E-state index >= 15 is 0 Å². The van der Waals surface area contributed by atoms with Gasteiger partial charge in [0.25, 0.3) is 0 Å². The summed E-state index contributed by atoms with van der Waals surface area (Å²) in [5.41, 5.74) is 1.20. The van der Waals surface area contributed by atoms with Gasteiger partial charge in [0.05, 0.1) is 0 Å². The highest BCUT2D eigenvalue weighted by atomic mass is 32.1. The molecule has 0 saturated heterocycles. The number of thiazole rings is 1. The molecule has 0 bridgehead atoms. The molecule has 0 unspecified atom stereocenters. The van der Waals surface area contributed by atoms with Gasteiger partial charge in [0, 0.05) is 16.6 Å². The molecule has 0 aliphatic carbocycles. The highest BCUT2D eigenvalue weighted by Gasteiger charge is 1.99. The van der Waals surface area contributed by atoms with E-state index in [9.17, 15) is 0 Å². The average molecular weight is 253 g/mol. The summed E-state index contributed by atoms with van der Waals surface area (Å²) in [6.07, 6.45) is 3.60. The van der Waals surface area contributed by atoms with Crippen LogP contribution in [0.15, 0.2) is 36.5 Å². The maximum atomic E-state index is 4.30. The summed E-state index contributed by atoms with van der Waals surface area (Å²) < 4.78 is 0. The minimum absolute atomic E-state index is 1.10. The van der Waals surface area contributed by atoms with E-state index in [1.165, 1.54) is 10.4 Å². The molecule has 16 heavy (non-hydrogen) atoms. The third kappa shape index (κ3) is 4.81. The lowest BCUT2D eigenvalue weighted by atomic mass is 10.2. The van der Waals surface area contributed by atoms with Crippen molar-refractivity contribution in [3.05, 3.63) is 41.4 Å². The van der Waals surface area contributed by atoms with E-state index in [0.717, 1.165) is 5.01 Å². The van der Waals surface area contributed by atoms with Crippen molar-refractivity contribution in [1.82, 2.24) is 4.98 Å². The summed E-state index contributed by atoms with van der Waals surface area (Å²) in [5.74, 6) is 0. The largest absolute Gasteiger partial charge is 0.244 e. The van der Waals surface area contributed by atoms with Crippen LogP contribution in [-0.2, 0) is 0 Å². The Morgan fingerprint density at radius 1 is 1.06 bits per heavy atom. The van der Waals surface area contributed by atoms with Gasteiger partial charge in [-0.15, -0.1) is 11.3 Å². The minimum Gasteiger partial charge on any atom is -0.244 e. The fourth-order valence-electron chi connectivity index (χ4n) is 1.07. The first-order valence-corrected chi connectivity index (χ1v) is 7.00. The molecule has 0 aliphatic heterocycles. The zero-order valence-electron chi connectivity index (χ0n) is 10.3. The summed E-state index contributed by atoms with van der Waals surface area (Å²) >= 11 is 5.26. The zero-order valence-corrected chi connectivity index (χ0v) is 12.0. The smallest absolute Gasteiger partial charge is 0.123 e. The first kappa shape index (κ1) is 15.2. The summed E-state index contributed by atoms with van der Waals surface area (Å²) in [7, 11) is 0. The van der Waals surface area contributed by atoms with E-state index in [-0.39, 0.29) is 0 Å². The topological polar surface area (TPSA) is 12.9 Å². The van der Waals surface area contributed by atoms with Crippen LogP contribution >= 0.6 is 24.0 Å². The van der Waals surface area contributed by atoms with Crippen LogP contribution in [-0.4, -0.2) is 11.2 Å². The van der Waals surface area contributed by atoms with E-state index in [4.69, 9.17) is 0 Å². The monoisotopic (exact) mass is 253 g/mol. The maximum Gasteiger partial charge on any atom is 0.123 e. The Bertz CT molecular complexity index is 368. The first-order valence-electron chi connectivity index (χ1n) is 5.29. The fraction of sp³-hybridized carbons (Fsp3) is 0.308. The molecule has 2 aromatic rings. The highest BCUT2D eigenvalue weighted by Crippen LogP contribution is 2.23. The quantitative estimate of drug-likeness (QED) is 0.727. The third-order valence-corrected chi connectivity index (χ3v) is 2.60. The average Bonchev–Trinajstić information content (AvgIpc) is 2.82. The first-order chi connectivity index (χ1) is 7.86. The maximum absolute atomic E-state index is 4.30. The van der Waals surface area contributed by atoms with Crippen molar-refractivity contribution in [3.63, 3.8) is 0 Å². The zero-order chi connectivity index (χ0) is 12.4. The molecule has 0 fully saturated rings. The second kappa shape index (κ2) is 9.43. The van der Waals surface area contributed by atoms with Crippen LogP contribution in [0.25, 0.3) is 10.6 Å². The second-order valence-electron chi connectivity index (χ2n) is 2.64. The van der Waals surface area contributed by atoms with Crippen molar-refractivity contribution in [2.45, 2.75) is 20.8 Å². The van der Waals surface area contributed by atoms with E-state index in [2.05, 4.69) is 36.7 Å². The number of thiol groups is 1. The summed E-state index contributed by atoms with van der Waals surface area (Å²) in [4.78, 5) is 5.56. The number of nitrogens with zero attached hydrogens (tertiary/aromatic N) is 1. The minimum atomic E-state index is 1.10. The fourth-order valence-corrected chi connectivity index (χ4v) is 1.84. The Kier molecular flexibility index (Phi) is 8.96. The summed E-state index contributed by atoms with van der Waals surface area (Å²) in [6, 6.07) is 10.2. The molecule has 0 atom stereocenters. The van der Waals surface area contributed by atoms with Crippen LogP contribution < -0.4 is 0 Å². The Morgan fingerprint density at radius 3 is 2.06 bits per heavy atom. The number of aromatic nitrogens is 1. The molecule has 0 amide bonds. The Labute approximate surface area is 108 Å². The van der Waals surface area contributed by atoms with Gasteiger partial charge in [0.1, 0.15) is 5.01 Å². The lowest BCUT2D eigenvalue weighted by Gasteiger charge is -1.92. The Morgan fingerprint density at radius 2 is 1.62 bits per heavy atom. The molecule has 0 radical (unpaired) electrons. The lowest BCUT2D eigenvalue weighted by Crippen LogP contribution is -1.71. The number of benzene rings is 1. The molecule has 1 aromatic heterocycles. The van der Waals surface area contributed by atoms with E-state index in [1.54, 1.807) is 17.6 Å². The van der Waals surface area contributed by atoms with E-state index in [1.807, 2.05) is 38.2 Å². The van der Waals surface area contributed by atoms with Gasteiger partial charge >= 0.3 is 0 Å². The molecule has 0 saturated carbocycles. The van der Waals surface area contributed by atoms with Crippen molar-refractivity contribution in [2.24, 2.45) is 0 Å². The van der Waals surface area contributed by atoms with Gasteiger partial charge in [-0.2, -0.15) is 12.6 Å². The normalized spacial score (nSPS) is 8.31. The van der Waals surface area contributed by atoms with Crippen LogP contribution in [0.4, 0.5) is 0 Å². The molecular formula is C13H19NS2. The number of aryl methyl sites for hydroxylation is 1. The number of hydrogen-bond acceptors (Lipinski definition) is 3. The molecule has 3 heteroatoms. The van der Waals surface area contributed by atoms with Gasteiger partial charge in [0.15, 0.2) is 0 Å². The second-order valence-corrected chi connectivity index (χ2v) is 3.88. The molecule has 0 N–H and O–H groups in total. The van der Waals surface area contributed by atoms with Crippen molar-refractivity contribution in [3.8, 4) is 10.6 Å². The molecule has 1 heterocycles. The Balaban J connectivity index is 0.000000509. The highest BCUT2D eigenvalue weighted by molar-refractivity contribution is 7.79. The lowest BCUT2D eigenvalue weighted by molar-refractivity contribution is 1.38. The van der Waals surface area contributed by atoms with Crippen LogP contribution in [0.2, 0.25) is 0 Å². The molecule has 88 valence electrons. The van der Waals surface area contributed by atoms with Crippen LogP contribution in [0.1, 0.15) is 18.7 Å². The molecule has 1 aromatic carbocycles. The van der Waals surface area contributed by atoms with Crippen LogP contribution in [0, 0.1) is 6.92 Å². The molecule has 2 rings (SSSR count). The molecule has 1 nitrogen and oxygen atoms in total. The van der Waals surface area contributed by atoms with Crippen molar-refractivity contribution in [2.75, 3.05) is 6.26 Å². The van der Waals surface area contributed by atoms with Crippen molar-refractivity contribution >= 4 is 24.0 Å². The molecular weight excluding hydrogens is 234 g/mol. The SMILES string of the molecule is CC.CS.Cc1cnc(-c2ccccc2)s1.